The number of carboxylic acid groups (broad SMARTS) is 1. The van der Waals surface area contributed by atoms with Crippen LogP contribution in [-0.2, 0) is 10.8 Å². The average Bonchev–Trinajstić information content (AvgIpc) is 2.28. The van der Waals surface area contributed by atoms with Crippen LogP contribution in [0.5, 0.6) is 0 Å². The van der Waals surface area contributed by atoms with Crippen LogP contribution in [0.2, 0.25) is 0 Å². The van der Waals surface area contributed by atoms with Crippen molar-refractivity contribution in [3.8, 4) is 0 Å². The molecule has 0 bridgehead atoms. The van der Waals surface area contributed by atoms with Crippen molar-refractivity contribution in [2.24, 2.45) is 0 Å². The smallest absolute Gasteiger partial charge is 0.335 e. The second kappa shape index (κ2) is 6.76. The monoisotopic (exact) mass is 319 g/mol. The van der Waals surface area contributed by atoms with Gasteiger partial charge in [0.25, 0.3) is 0 Å². The van der Waals surface area contributed by atoms with E-state index in [1.54, 1.807) is 12.1 Å². The van der Waals surface area contributed by atoms with Gasteiger partial charge in [-0.25, -0.2) is 4.79 Å². The van der Waals surface area contributed by atoms with E-state index in [9.17, 15) is 9.00 Å². The third kappa shape index (κ3) is 4.87. The minimum absolute atomic E-state index is 0.221. The molecule has 0 spiro atoms. The van der Waals surface area contributed by atoms with Gasteiger partial charge in [0, 0.05) is 39.0 Å². The summed E-state index contributed by atoms with van der Waals surface area (Å²) >= 11 is 3.25. The third-order valence-electron chi connectivity index (χ3n) is 2.13. The number of rotatable bonds is 6. The maximum absolute atomic E-state index is 11.2. The zero-order chi connectivity index (χ0) is 12.8. The molecule has 0 heterocycles. The van der Waals surface area contributed by atoms with Gasteiger partial charge in [-0.3, -0.25) is 4.21 Å². The zero-order valence-electron chi connectivity index (χ0n) is 9.40. The van der Waals surface area contributed by atoms with Crippen molar-refractivity contribution in [3.05, 3.63) is 28.2 Å². The van der Waals surface area contributed by atoms with E-state index in [0.717, 1.165) is 0 Å². The molecule has 0 radical (unpaired) electrons. The van der Waals surface area contributed by atoms with Crippen LogP contribution in [0, 0.1) is 0 Å². The fraction of sp³-hybridized carbons (Fsp3) is 0.364. The van der Waals surface area contributed by atoms with Gasteiger partial charge in [0.05, 0.1) is 5.56 Å². The molecule has 1 atom stereocenters. The molecule has 1 aromatic rings. The molecule has 4 nitrogen and oxygen atoms in total. The number of hydrogen-bond acceptors (Lipinski definition) is 3. The molecule has 0 aliphatic rings. The molecular weight excluding hydrogens is 306 g/mol. The van der Waals surface area contributed by atoms with E-state index in [0.29, 0.717) is 28.2 Å². The van der Waals surface area contributed by atoms with Gasteiger partial charge < -0.3 is 10.4 Å². The molecule has 1 rings (SSSR count). The minimum Gasteiger partial charge on any atom is -0.478 e. The first-order chi connectivity index (χ1) is 8.02. The molecule has 2 N–H and O–H groups in total. The molecule has 17 heavy (non-hydrogen) atoms. The number of carbonyl (C=O) groups is 1. The highest BCUT2D eigenvalue weighted by atomic mass is 79.9. The Bertz CT molecular complexity index is 437. The van der Waals surface area contributed by atoms with E-state index in [2.05, 4.69) is 21.2 Å². The Hall–Kier alpha value is -0.880. The molecular formula is C11H14BrNO3S. The summed E-state index contributed by atoms with van der Waals surface area (Å²) in [5.41, 5.74) is 0.934. The zero-order valence-corrected chi connectivity index (χ0v) is 11.8. The summed E-state index contributed by atoms with van der Waals surface area (Å²) in [5, 5.41) is 11.9. The van der Waals surface area contributed by atoms with Crippen molar-refractivity contribution >= 4 is 38.4 Å². The number of nitrogens with one attached hydrogen (secondary N) is 1. The number of hydrogen-bond donors (Lipinski definition) is 2. The summed E-state index contributed by atoms with van der Waals surface area (Å²) in [6.45, 7) is 2.44. The fourth-order valence-electron chi connectivity index (χ4n) is 1.27. The van der Waals surface area contributed by atoms with Gasteiger partial charge >= 0.3 is 5.97 Å². The van der Waals surface area contributed by atoms with Crippen molar-refractivity contribution in [1.29, 1.82) is 0 Å². The summed E-state index contributed by atoms with van der Waals surface area (Å²) in [6, 6.07) is 4.89. The lowest BCUT2D eigenvalue weighted by Gasteiger charge is -2.07. The molecule has 0 aliphatic carbocycles. The second-order valence-electron chi connectivity index (χ2n) is 3.39. The molecule has 0 fully saturated rings. The van der Waals surface area contributed by atoms with Gasteiger partial charge in [-0.2, -0.15) is 0 Å². The lowest BCUT2D eigenvalue weighted by atomic mass is 10.2. The highest BCUT2D eigenvalue weighted by Crippen LogP contribution is 2.19. The maximum atomic E-state index is 11.2. The lowest BCUT2D eigenvalue weighted by molar-refractivity contribution is 0.0697. The highest BCUT2D eigenvalue weighted by Gasteiger charge is 2.06. The van der Waals surface area contributed by atoms with Crippen LogP contribution in [0.15, 0.2) is 22.7 Å². The van der Waals surface area contributed by atoms with Gasteiger partial charge in [0.2, 0.25) is 0 Å². The molecule has 1 unspecified atom stereocenters. The average molecular weight is 320 g/mol. The largest absolute Gasteiger partial charge is 0.478 e. The normalized spacial score (nSPS) is 12.1. The predicted molar refractivity (Wildman–Crippen MR) is 73.1 cm³/mol. The van der Waals surface area contributed by atoms with Crippen LogP contribution < -0.4 is 5.32 Å². The van der Waals surface area contributed by atoms with Gasteiger partial charge in [-0.1, -0.05) is 22.9 Å². The van der Waals surface area contributed by atoms with E-state index in [1.165, 1.54) is 6.07 Å². The first-order valence-electron chi connectivity index (χ1n) is 5.15. The Morgan fingerprint density at radius 2 is 2.18 bits per heavy atom. The molecule has 0 saturated heterocycles. The first kappa shape index (κ1) is 14.2. The van der Waals surface area contributed by atoms with E-state index in [1.807, 2.05) is 6.92 Å². The van der Waals surface area contributed by atoms with Gasteiger partial charge in [-0.15, -0.1) is 0 Å². The number of halogens is 1. The number of benzene rings is 1. The first-order valence-corrected chi connectivity index (χ1v) is 7.43. The van der Waals surface area contributed by atoms with Crippen molar-refractivity contribution < 1.29 is 14.1 Å². The van der Waals surface area contributed by atoms with Crippen LogP contribution in [0.1, 0.15) is 17.3 Å². The number of carboxylic acids is 1. The third-order valence-corrected chi connectivity index (χ3v) is 3.89. The van der Waals surface area contributed by atoms with E-state index < -0.39 is 16.8 Å². The quantitative estimate of drug-likeness (QED) is 0.844. The van der Waals surface area contributed by atoms with Crippen molar-refractivity contribution in [3.63, 3.8) is 0 Å². The van der Waals surface area contributed by atoms with Crippen LogP contribution in [0.4, 0.5) is 5.69 Å². The van der Waals surface area contributed by atoms with Crippen molar-refractivity contribution in [2.45, 2.75) is 6.92 Å². The second-order valence-corrected chi connectivity index (χ2v) is 6.17. The standard InChI is InChI=1S/C11H14BrNO3S/c1-2-17(16)4-3-13-10-6-8(11(14)15)5-9(12)7-10/h5-7,13H,2-4H2,1H3,(H,14,15). The Morgan fingerprint density at radius 1 is 1.47 bits per heavy atom. The maximum Gasteiger partial charge on any atom is 0.335 e. The molecule has 94 valence electrons. The number of anilines is 1. The predicted octanol–water partition coefficient (Wildman–Crippen LogP) is 2.33. The molecule has 1 aromatic carbocycles. The van der Waals surface area contributed by atoms with E-state index in [4.69, 9.17) is 5.11 Å². The molecule has 0 amide bonds. The SMILES string of the molecule is CCS(=O)CCNc1cc(Br)cc(C(=O)O)c1. The molecule has 0 aliphatic heterocycles. The number of aromatic carboxylic acids is 1. The fourth-order valence-corrected chi connectivity index (χ4v) is 2.38. The molecule has 0 aromatic heterocycles. The van der Waals surface area contributed by atoms with Crippen molar-refractivity contribution in [1.82, 2.24) is 0 Å². The van der Waals surface area contributed by atoms with E-state index in [-0.39, 0.29) is 5.56 Å². The van der Waals surface area contributed by atoms with Gasteiger partial charge in [0.1, 0.15) is 0 Å². The van der Waals surface area contributed by atoms with Crippen LogP contribution in [-0.4, -0.2) is 33.3 Å². The Morgan fingerprint density at radius 3 is 2.76 bits per heavy atom. The minimum atomic E-state index is -0.966. The summed E-state index contributed by atoms with van der Waals surface area (Å²) < 4.78 is 11.9. The molecule has 6 heteroatoms. The van der Waals surface area contributed by atoms with Crippen LogP contribution in [0.3, 0.4) is 0 Å². The van der Waals surface area contributed by atoms with Gasteiger partial charge in [0.15, 0.2) is 0 Å². The van der Waals surface area contributed by atoms with E-state index >= 15 is 0 Å². The highest BCUT2D eigenvalue weighted by molar-refractivity contribution is 9.10. The summed E-state index contributed by atoms with van der Waals surface area (Å²) in [4.78, 5) is 10.8. The Labute approximate surface area is 111 Å². The Kier molecular flexibility index (Phi) is 5.64. The lowest BCUT2D eigenvalue weighted by Crippen LogP contribution is -2.12. The summed E-state index contributed by atoms with van der Waals surface area (Å²) in [5.74, 6) is 0.234. The molecule has 0 saturated carbocycles. The van der Waals surface area contributed by atoms with Crippen LogP contribution in [0.25, 0.3) is 0 Å². The Balaban J connectivity index is 2.65. The van der Waals surface area contributed by atoms with Gasteiger partial charge in [-0.05, 0) is 18.2 Å². The van der Waals surface area contributed by atoms with Crippen LogP contribution >= 0.6 is 15.9 Å². The topological polar surface area (TPSA) is 66.4 Å². The van der Waals surface area contributed by atoms with Crippen molar-refractivity contribution in [2.75, 3.05) is 23.4 Å². The summed E-state index contributed by atoms with van der Waals surface area (Å²) in [6.07, 6.45) is 0. The summed E-state index contributed by atoms with van der Waals surface area (Å²) in [7, 11) is -0.811.